The van der Waals surface area contributed by atoms with Gasteiger partial charge in [0.2, 0.25) is 0 Å². The van der Waals surface area contributed by atoms with Crippen LogP contribution in [0.5, 0.6) is 0 Å². The molecular formula is C23H18N4S. The van der Waals surface area contributed by atoms with Crippen molar-refractivity contribution in [3.8, 4) is 6.07 Å². The third-order valence-electron chi connectivity index (χ3n) is 4.55. The Morgan fingerprint density at radius 2 is 1.64 bits per heavy atom. The van der Waals surface area contributed by atoms with Gasteiger partial charge in [0.1, 0.15) is 17.5 Å². The van der Waals surface area contributed by atoms with E-state index in [2.05, 4.69) is 46.4 Å². The molecule has 0 fully saturated rings. The Kier molecular flexibility index (Phi) is 5.22. The Balaban J connectivity index is 1.62. The fraction of sp³-hybridized carbons (Fsp3) is 0.0870. The maximum absolute atomic E-state index is 9.48. The molecule has 0 atom stereocenters. The molecule has 0 unspecified atom stereocenters. The quantitative estimate of drug-likeness (QED) is 0.390. The highest BCUT2D eigenvalue weighted by Crippen LogP contribution is 2.27. The second-order valence-corrected chi connectivity index (χ2v) is 7.36. The van der Waals surface area contributed by atoms with E-state index in [0.29, 0.717) is 22.8 Å². The van der Waals surface area contributed by atoms with Crippen molar-refractivity contribution in [3.05, 3.63) is 95.2 Å². The molecule has 2 N–H and O–H groups in total. The summed E-state index contributed by atoms with van der Waals surface area (Å²) in [6, 6.07) is 26.7. The van der Waals surface area contributed by atoms with E-state index in [1.165, 1.54) is 28.1 Å². The molecule has 3 aromatic carbocycles. The molecule has 5 heteroatoms. The average Bonchev–Trinajstić information content (AvgIpc) is 2.73. The van der Waals surface area contributed by atoms with Crippen LogP contribution in [0, 0.1) is 11.3 Å². The molecule has 4 rings (SSSR count). The molecule has 136 valence electrons. The van der Waals surface area contributed by atoms with Crippen LogP contribution in [0.15, 0.2) is 78.0 Å². The number of thioether (sulfide) groups is 1. The number of nitriles is 1. The van der Waals surface area contributed by atoms with Crippen LogP contribution in [0.3, 0.4) is 0 Å². The van der Waals surface area contributed by atoms with E-state index in [1.807, 2.05) is 42.5 Å². The molecule has 0 aliphatic heterocycles. The fourth-order valence-corrected chi connectivity index (χ4v) is 4.04. The van der Waals surface area contributed by atoms with Crippen LogP contribution in [0.2, 0.25) is 0 Å². The SMILES string of the molecule is N#Cc1c(N)nc(SCc2cccc3ccccc23)nc1Cc1ccccc1. The minimum atomic E-state index is 0.240. The summed E-state index contributed by atoms with van der Waals surface area (Å²) in [7, 11) is 0. The standard InChI is InChI=1S/C23H18N4S/c24-14-20-21(13-16-7-2-1-3-8-16)26-23(27-22(20)25)28-15-18-11-6-10-17-9-4-5-12-19(17)18/h1-12H,13,15H2,(H2,25,26,27). The lowest BCUT2D eigenvalue weighted by Crippen LogP contribution is -2.06. The molecule has 0 bridgehead atoms. The van der Waals surface area contributed by atoms with E-state index < -0.39 is 0 Å². The van der Waals surface area contributed by atoms with Crippen LogP contribution in [0.25, 0.3) is 10.8 Å². The van der Waals surface area contributed by atoms with E-state index in [0.717, 1.165) is 11.3 Å². The molecule has 4 nitrogen and oxygen atoms in total. The van der Waals surface area contributed by atoms with Gasteiger partial charge in [-0.25, -0.2) is 9.97 Å². The summed E-state index contributed by atoms with van der Waals surface area (Å²) in [6.45, 7) is 0. The minimum absolute atomic E-state index is 0.240. The molecule has 0 spiro atoms. The number of nitrogens with zero attached hydrogens (tertiary/aromatic N) is 3. The topological polar surface area (TPSA) is 75.6 Å². The second kappa shape index (κ2) is 8.12. The number of rotatable bonds is 5. The molecule has 28 heavy (non-hydrogen) atoms. The van der Waals surface area contributed by atoms with Gasteiger partial charge in [-0.05, 0) is 21.9 Å². The summed E-state index contributed by atoms with van der Waals surface area (Å²) in [4.78, 5) is 8.99. The van der Waals surface area contributed by atoms with Gasteiger partial charge in [0.25, 0.3) is 0 Å². The molecule has 0 aliphatic rings. The zero-order valence-corrected chi connectivity index (χ0v) is 16.0. The van der Waals surface area contributed by atoms with Gasteiger partial charge in [-0.2, -0.15) is 5.26 Å². The number of nitrogen functional groups attached to an aromatic ring is 1. The van der Waals surface area contributed by atoms with Crippen molar-refractivity contribution in [1.29, 1.82) is 5.26 Å². The molecule has 0 radical (unpaired) electrons. The summed E-state index contributed by atoms with van der Waals surface area (Å²) in [5, 5.41) is 12.5. The second-order valence-electron chi connectivity index (χ2n) is 6.41. The number of benzene rings is 3. The minimum Gasteiger partial charge on any atom is -0.382 e. The Morgan fingerprint density at radius 3 is 2.46 bits per heavy atom. The van der Waals surface area contributed by atoms with Crippen LogP contribution in [-0.4, -0.2) is 9.97 Å². The Labute approximate surface area is 168 Å². The van der Waals surface area contributed by atoms with E-state index >= 15 is 0 Å². The van der Waals surface area contributed by atoms with Crippen LogP contribution in [-0.2, 0) is 12.2 Å². The van der Waals surface area contributed by atoms with Crippen molar-refractivity contribution in [2.45, 2.75) is 17.3 Å². The molecular weight excluding hydrogens is 364 g/mol. The van der Waals surface area contributed by atoms with Crippen molar-refractivity contribution in [1.82, 2.24) is 9.97 Å². The first-order valence-corrected chi connectivity index (χ1v) is 9.93. The van der Waals surface area contributed by atoms with Crippen molar-refractivity contribution < 1.29 is 0 Å². The number of hydrogen-bond acceptors (Lipinski definition) is 5. The number of anilines is 1. The normalized spacial score (nSPS) is 10.7. The van der Waals surface area contributed by atoms with Gasteiger partial charge in [-0.3, -0.25) is 0 Å². The molecule has 0 amide bonds. The van der Waals surface area contributed by atoms with Gasteiger partial charge < -0.3 is 5.73 Å². The summed E-state index contributed by atoms with van der Waals surface area (Å²) in [5.74, 6) is 0.973. The zero-order chi connectivity index (χ0) is 19.3. The van der Waals surface area contributed by atoms with Gasteiger partial charge in [0.05, 0.1) is 5.69 Å². The summed E-state index contributed by atoms with van der Waals surface area (Å²) in [6.07, 6.45) is 0.554. The summed E-state index contributed by atoms with van der Waals surface area (Å²) in [5.41, 5.74) is 9.39. The van der Waals surface area contributed by atoms with E-state index in [-0.39, 0.29) is 5.82 Å². The summed E-state index contributed by atoms with van der Waals surface area (Å²) < 4.78 is 0. The highest BCUT2D eigenvalue weighted by Gasteiger charge is 2.14. The Morgan fingerprint density at radius 1 is 0.893 bits per heavy atom. The Hall–Kier alpha value is -3.36. The van der Waals surface area contributed by atoms with Crippen LogP contribution < -0.4 is 5.73 Å². The van der Waals surface area contributed by atoms with Gasteiger partial charge in [0, 0.05) is 12.2 Å². The molecule has 0 aliphatic carbocycles. The van der Waals surface area contributed by atoms with Gasteiger partial charge in [-0.1, -0.05) is 84.6 Å². The van der Waals surface area contributed by atoms with Gasteiger partial charge >= 0.3 is 0 Å². The highest BCUT2D eigenvalue weighted by atomic mass is 32.2. The van der Waals surface area contributed by atoms with Crippen LogP contribution >= 0.6 is 11.8 Å². The summed E-state index contributed by atoms with van der Waals surface area (Å²) >= 11 is 1.53. The van der Waals surface area contributed by atoms with Gasteiger partial charge in [-0.15, -0.1) is 0 Å². The number of aromatic nitrogens is 2. The first-order chi connectivity index (χ1) is 13.7. The number of hydrogen-bond donors (Lipinski definition) is 1. The lowest BCUT2D eigenvalue weighted by atomic mass is 10.1. The first kappa shape index (κ1) is 18.0. The molecule has 0 saturated carbocycles. The monoisotopic (exact) mass is 382 g/mol. The largest absolute Gasteiger partial charge is 0.382 e. The lowest BCUT2D eigenvalue weighted by Gasteiger charge is -2.10. The van der Waals surface area contributed by atoms with E-state index in [9.17, 15) is 5.26 Å². The molecule has 1 aromatic heterocycles. The van der Waals surface area contributed by atoms with Crippen LogP contribution in [0.4, 0.5) is 5.82 Å². The predicted molar refractivity (Wildman–Crippen MR) is 114 cm³/mol. The Bertz CT molecular complexity index is 1160. The third-order valence-corrected chi connectivity index (χ3v) is 5.45. The van der Waals surface area contributed by atoms with E-state index in [4.69, 9.17) is 5.73 Å². The maximum atomic E-state index is 9.48. The van der Waals surface area contributed by atoms with Crippen molar-refractivity contribution >= 4 is 28.4 Å². The van der Waals surface area contributed by atoms with Gasteiger partial charge in [0.15, 0.2) is 5.16 Å². The van der Waals surface area contributed by atoms with Crippen molar-refractivity contribution in [2.24, 2.45) is 0 Å². The lowest BCUT2D eigenvalue weighted by molar-refractivity contribution is 0.902. The van der Waals surface area contributed by atoms with E-state index in [1.54, 1.807) is 0 Å². The van der Waals surface area contributed by atoms with Crippen molar-refractivity contribution in [3.63, 3.8) is 0 Å². The fourth-order valence-electron chi connectivity index (χ4n) is 3.17. The highest BCUT2D eigenvalue weighted by molar-refractivity contribution is 7.98. The number of nitrogens with two attached hydrogens (primary N) is 1. The molecule has 0 saturated heterocycles. The van der Waals surface area contributed by atoms with Crippen LogP contribution in [0.1, 0.15) is 22.4 Å². The zero-order valence-electron chi connectivity index (χ0n) is 15.2. The first-order valence-electron chi connectivity index (χ1n) is 8.94. The average molecular weight is 382 g/mol. The molecule has 4 aromatic rings. The number of fused-ring (bicyclic) bond motifs is 1. The third kappa shape index (κ3) is 3.83. The smallest absolute Gasteiger partial charge is 0.190 e. The predicted octanol–water partition coefficient (Wildman–Crippen LogP) is 4.97. The molecule has 1 heterocycles. The van der Waals surface area contributed by atoms with Crippen molar-refractivity contribution in [2.75, 3.05) is 5.73 Å². The maximum Gasteiger partial charge on any atom is 0.190 e.